The molecule has 0 aromatic heterocycles. The number of nitrogens with zero attached hydrogens (tertiary/aromatic N) is 1. The van der Waals surface area contributed by atoms with Crippen LogP contribution in [0.5, 0.6) is 0 Å². The molecule has 1 heterocycles. The van der Waals surface area contributed by atoms with Gasteiger partial charge in [-0.25, -0.2) is 0 Å². The zero-order valence-electron chi connectivity index (χ0n) is 11.4. The first kappa shape index (κ1) is 14.1. The van der Waals surface area contributed by atoms with Gasteiger partial charge in [0.05, 0.1) is 13.2 Å². The van der Waals surface area contributed by atoms with Gasteiger partial charge in [-0.2, -0.15) is 0 Å². The number of ether oxygens (including phenoxy) is 1. The Balaban J connectivity index is 2.13. The van der Waals surface area contributed by atoms with E-state index >= 15 is 0 Å². The Bertz CT molecular complexity index is 461. The Morgan fingerprint density at radius 1 is 1.42 bits per heavy atom. The summed E-state index contributed by atoms with van der Waals surface area (Å²) in [6, 6.07) is 8.65. The first-order valence-corrected chi connectivity index (χ1v) is 6.84. The van der Waals surface area contributed by atoms with E-state index < -0.39 is 0 Å². The topological polar surface area (TPSA) is 32.7 Å². The number of hydrogen-bond donors (Lipinski definition) is 1. The zero-order valence-corrected chi connectivity index (χ0v) is 11.4. The van der Waals surface area contributed by atoms with Crippen molar-refractivity contribution >= 4 is 0 Å². The molecule has 1 aromatic carbocycles. The monoisotopic (exact) mass is 259 g/mol. The lowest BCUT2D eigenvalue weighted by Crippen LogP contribution is -2.44. The predicted octanol–water partition coefficient (Wildman–Crippen LogP) is 1.64. The Morgan fingerprint density at radius 3 is 3.05 bits per heavy atom. The Hall–Kier alpha value is -1.34. The molecule has 0 saturated carbocycles. The van der Waals surface area contributed by atoms with Crippen LogP contribution in [0.15, 0.2) is 24.3 Å². The highest BCUT2D eigenvalue weighted by atomic mass is 16.5. The molecule has 1 N–H and O–H groups in total. The number of aliphatic hydroxyl groups is 1. The van der Waals surface area contributed by atoms with Crippen LogP contribution < -0.4 is 0 Å². The molecule has 1 aromatic rings. The summed E-state index contributed by atoms with van der Waals surface area (Å²) >= 11 is 0. The highest BCUT2D eigenvalue weighted by Crippen LogP contribution is 2.17. The van der Waals surface area contributed by atoms with Crippen LogP contribution in [-0.2, 0) is 11.3 Å². The molecular formula is C16H21NO2. The molecule has 0 aliphatic carbocycles. The Labute approximate surface area is 115 Å². The van der Waals surface area contributed by atoms with Crippen molar-refractivity contribution in [1.82, 2.24) is 4.90 Å². The molecule has 102 valence electrons. The molecular weight excluding hydrogens is 238 g/mol. The van der Waals surface area contributed by atoms with Crippen molar-refractivity contribution in [3.63, 3.8) is 0 Å². The van der Waals surface area contributed by atoms with Gasteiger partial charge in [0.2, 0.25) is 0 Å². The molecule has 19 heavy (non-hydrogen) atoms. The quantitative estimate of drug-likeness (QED) is 0.838. The highest BCUT2D eigenvalue weighted by Gasteiger charge is 2.21. The number of morpholine rings is 1. The fourth-order valence-electron chi connectivity index (χ4n) is 2.41. The third kappa shape index (κ3) is 3.81. The van der Waals surface area contributed by atoms with Crippen molar-refractivity contribution in [2.24, 2.45) is 0 Å². The van der Waals surface area contributed by atoms with Gasteiger partial charge in [0, 0.05) is 24.7 Å². The predicted molar refractivity (Wildman–Crippen MR) is 75.7 cm³/mol. The molecule has 0 bridgehead atoms. The van der Waals surface area contributed by atoms with Crippen molar-refractivity contribution in [2.75, 3.05) is 26.4 Å². The van der Waals surface area contributed by atoms with Crippen LogP contribution in [0.1, 0.15) is 24.5 Å². The normalized spacial score (nSPS) is 19.8. The fourth-order valence-corrected chi connectivity index (χ4v) is 2.41. The number of aliphatic hydroxyl groups excluding tert-OH is 1. The lowest BCUT2D eigenvalue weighted by atomic mass is 10.1. The number of benzene rings is 1. The average Bonchev–Trinajstić information content (AvgIpc) is 2.47. The average molecular weight is 259 g/mol. The molecule has 0 spiro atoms. The minimum atomic E-state index is -0.0938. The maximum atomic E-state index is 8.82. The van der Waals surface area contributed by atoms with Gasteiger partial charge in [-0.3, -0.25) is 4.90 Å². The van der Waals surface area contributed by atoms with Crippen LogP contribution in [0.3, 0.4) is 0 Å². The van der Waals surface area contributed by atoms with Crippen LogP contribution >= 0.6 is 0 Å². The molecule has 1 fully saturated rings. The van der Waals surface area contributed by atoms with Gasteiger partial charge >= 0.3 is 0 Å². The van der Waals surface area contributed by atoms with Gasteiger partial charge in [-0.05, 0) is 18.1 Å². The first-order valence-electron chi connectivity index (χ1n) is 6.84. The summed E-state index contributed by atoms with van der Waals surface area (Å²) in [6.07, 6.45) is 1.10. The molecule has 0 radical (unpaired) electrons. The molecule has 1 atom stereocenters. The molecule has 1 aliphatic heterocycles. The maximum Gasteiger partial charge on any atom is 0.104 e. The second-order valence-corrected chi connectivity index (χ2v) is 4.72. The number of rotatable bonds is 3. The lowest BCUT2D eigenvalue weighted by molar-refractivity contribution is -0.0127. The van der Waals surface area contributed by atoms with E-state index in [4.69, 9.17) is 9.84 Å². The third-order valence-electron chi connectivity index (χ3n) is 3.51. The minimum absolute atomic E-state index is 0.0938. The van der Waals surface area contributed by atoms with Crippen LogP contribution in [0.25, 0.3) is 0 Å². The molecule has 3 heteroatoms. The van der Waals surface area contributed by atoms with Gasteiger partial charge in [0.1, 0.15) is 6.61 Å². The maximum absolute atomic E-state index is 8.82. The van der Waals surface area contributed by atoms with E-state index in [9.17, 15) is 0 Å². The van der Waals surface area contributed by atoms with Gasteiger partial charge in [-0.1, -0.05) is 37.0 Å². The van der Waals surface area contributed by atoms with E-state index in [1.54, 1.807) is 0 Å². The van der Waals surface area contributed by atoms with Crippen LogP contribution in [0.4, 0.5) is 0 Å². The van der Waals surface area contributed by atoms with Gasteiger partial charge < -0.3 is 9.84 Å². The van der Waals surface area contributed by atoms with Crippen molar-refractivity contribution in [3.8, 4) is 11.8 Å². The fraction of sp³-hybridized carbons (Fsp3) is 0.500. The third-order valence-corrected chi connectivity index (χ3v) is 3.51. The molecule has 2 rings (SSSR count). The van der Waals surface area contributed by atoms with E-state index in [-0.39, 0.29) is 6.61 Å². The molecule has 0 amide bonds. The van der Waals surface area contributed by atoms with E-state index in [0.29, 0.717) is 6.04 Å². The van der Waals surface area contributed by atoms with E-state index in [1.807, 2.05) is 18.2 Å². The van der Waals surface area contributed by atoms with Crippen molar-refractivity contribution in [1.29, 1.82) is 0 Å². The van der Waals surface area contributed by atoms with Gasteiger partial charge in [0.15, 0.2) is 0 Å². The lowest BCUT2D eigenvalue weighted by Gasteiger charge is -2.35. The van der Waals surface area contributed by atoms with Gasteiger partial charge in [-0.15, -0.1) is 0 Å². The molecule has 3 nitrogen and oxygen atoms in total. The Morgan fingerprint density at radius 2 is 2.26 bits per heavy atom. The van der Waals surface area contributed by atoms with Gasteiger partial charge in [0.25, 0.3) is 0 Å². The standard InChI is InChI=1S/C16H21NO2/c1-2-16-13-19-11-9-17(16)12-15-7-4-3-6-14(15)8-5-10-18/h3-4,6-7,16,18H,2,9-13H2,1H3. The highest BCUT2D eigenvalue weighted by molar-refractivity contribution is 5.41. The SMILES string of the molecule is CCC1COCCN1Cc1ccccc1C#CCO. The van der Waals surface area contributed by atoms with E-state index in [0.717, 1.165) is 38.3 Å². The second-order valence-electron chi connectivity index (χ2n) is 4.72. The minimum Gasteiger partial charge on any atom is -0.384 e. The summed E-state index contributed by atoms with van der Waals surface area (Å²) in [5, 5.41) is 8.82. The van der Waals surface area contributed by atoms with Crippen LogP contribution in [0, 0.1) is 11.8 Å². The van der Waals surface area contributed by atoms with Crippen LogP contribution in [-0.4, -0.2) is 42.4 Å². The summed E-state index contributed by atoms with van der Waals surface area (Å²) < 4.78 is 5.53. The largest absolute Gasteiger partial charge is 0.384 e. The summed E-state index contributed by atoms with van der Waals surface area (Å²) in [6.45, 7) is 5.60. The molecule has 1 aliphatic rings. The summed E-state index contributed by atoms with van der Waals surface area (Å²) in [5.74, 6) is 5.76. The smallest absolute Gasteiger partial charge is 0.104 e. The second kappa shape index (κ2) is 7.30. The van der Waals surface area contributed by atoms with Crippen molar-refractivity contribution in [2.45, 2.75) is 25.9 Å². The number of hydrogen-bond acceptors (Lipinski definition) is 3. The van der Waals surface area contributed by atoms with Crippen molar-refractivity contribution in [3.05, 3.63) is 35.4 Å². The Kier molecular flexibility index (Phi) is 5.41. The van der Waals surface area contributed by atoms with E-state index in [1.165, 1.54) is 5.56 Å². The van der Waals surface area contributed by atoms with Crippen molar-refractivity contribution < 1.29 is 9.84 Å². The van der Waals surface area contributed by atoms with Crippen LogP contribution in [0.2, 0.25) is 0 Å². The first-order chi connectivity index (χ1) is 9.35. The molecule has 1 saturated heterocycles. The molecule has 1 unspecified atom stereocenters. The summed E-state index contributed by atoms with van der Waals surface area (Å²) in [5.41, 5.74) is 2.24. The van der Waals surface area contributed by atoms with E-state index in [2.05, 4.69) is 29.7 Å². The zero-order chi connectivity index (χ0) is 13.5. The summed E-state index contributed by atoms with van der Waals surface area (Å²) in [7, 11) is 0. The summed E-state index contributed by atoms with van der Waals surface area (Å²) in [4.78, 5) is 2.46.